The van der Waals surface area contributed by atoms with Gasteiger partial charge in [-0.05, 0) is 37.3 Å². The summed E-state index contributed by atoms with van der Waals surface area (Å²) in [5, 5.41) is 0.654. The van der Waals surface area contributed by atoms with Crippen LogP contribution in [0.15, 0.2) is 46.3 Å². The molecular formula is C21H20N6O3S. The number of amides is 2. The van der Waals surface area contributed by atoms with E-state index < -0.39 is 5.91 Å². The van der Waals surface area contributed by atoms with Crippen molar-refractivity contribution in [1.82, 2.24) is 15.0 Å². The van der Waals surface area contributed by atoms with Crippen molar-refractivity contribution in [3.05, 3.63) is 48.0 Å². The second-order valence-corrected chi connectivity index (χ2v) is 8.23. The molecule has 1 saturated heterocycles. The third-order valence-corrected chi connectivity index (χ3v) is 6.17. The summed E-state index contributed by atoms with van der Waals surface area (Å²) in [5.74, 6) is 0.189. The van der Waals surface area contributed by atoms with Crippen LogP contribution in [0.3, 0.4) is 0 Å². The quantitative estimate of drug-likeness (QED) is 0.490. The molecule has 0 saturated carbocycles. The van der Waals surface area contributed by atoms with Gasteiger partial charge in [0, 0.05) is 36.6 Å². The van der Waals surface area contributed by atoms with Crippen molar-refractivity contribution in [2.75, 3.05) is 29.1 Å². The summed E-state index contributed by atoms with van der Waals surface area (Å²) in [7, 11) is 0. The highest BCUT2D eigenvalue weighted by molar-refractivity contribution is 7.98. The Hall–Kier alpha value is -3.40. The van der Waals surface area contributed by atoms with Crippen LogP contribution >= 0.6 is 11.8 Å². The van der Waals surface area contributed by atoms with Crippen LogP contribution in [0, 0.1) is 0 Å². The summed E-state index contributed by atoms with van der Waals surface area (Å²) in [6, 6.07) is 7.53. The number of carbonyl (C=O) groups excluding carboxylic acids is 2. The molecule has 2 aromatic heterocycles. The lowest BCUT2D eigenvalue weighted by Crippen LogP contribution is -2.39. The summed E-state index contributed by atoms with van der Waals surface area (Å²) in [4.78, 5) is 42.0. The standard InChI is InChI=1S/C21H20N6O3S/c1-31-21-23-9-15-18(25-21)26-7-3-6-14(26)10-27(20(15)29)13-5-2-4-12(8-13)19-24-16(11-30-19)17(22)28/h2,4-5,8-9,11,14H,3,6-7,10H2,1H3,(H2,22,28). The first-order valence-corrected chi connectivity index (χ1v) is 11.1. The number of carbonyl (C=O) groups is 2. The van der Waals surface area contributed by atoms with Crippen LogP contribution in [0.2, 0.25) is 0 Å². The maximum atomic E-state index is 13.5. The molecule has 1 aromatic carbocycles. The zero-order valence-corrected chi connectivity index (χ0v) is 17.6. The molecule has 10 heteroatoms. The van der Waals surface area contributed by atoms with Gasteiger partial charge in [0.15, 0.2) is 10.9 Å². The third kappa shape index (κ3) is 3.42. The number of nitrogens with two attached hydrogens (primary N) is 1. The van der Waals surface area contributed by atoms with Gasteiger partial charge in [-0.2, -0.15) is 0 Å². The van der Waals surface area contributed by atoms with Gasteiger partial charge in [-0.25, -0.2) is 15.0 Å². The lowest BCUT2D eigenvalue weighted by Gasteiger charge is -2.27. The Morgan fingerprint density at radius 2 is 2.19 bits per heavy atom. The second-order valence-electron chi connectivity index (χ2n) is 7.45. The van der Waals surface area contributed by atoms with Crippen LogP contribution in [0.25, 0.3) is 11.5 Å². The van der Waals surface area contributed by atoms with E-state index in [-0.39, 0.29) is 23.5 Å². The summed E-state index contributed by atoms with van der Waals surface area (Å²) in [5.41, 5.74) is 7.20. The van der Waals surface area contributed by atoms with E-state index in [2.05, 4.69) is 19.9 Å². The molecule has 2 aliphatic rings. The zero-order chi connectivity index (χ0) is 21.5. The molecular weight excluding hydrogens is 416 g/mol. The van der Waals surface area contributed by atoms with Crippen molar-refractivity contribution in [1.29, 1.82) is 0 Å². The molecule has 0 bridgehead atoms. The van der Waals surface area contributed by atoms with E-state index in [1.165, 1.54) is 18.0 Å². The predicted molar refractivity (Wildman–Crippen MR) is 116 cm³/mol. The van der Waals surface area contributed by atoms with Gasteiger partial charge in [0.1, 0.15) is 17.6 Å². The number of benzene rings is 1. The van der Waals surface area contributed by atoms with Gasteiger partial charge in [-0.15, -0.1) is 0 Å². The zero-order valence-electron chi connectivity index (χ0n) is 16.8. The number of primary amides is 1. The predicted octanol–water partition coefficient (Wildman–Crippen LogP) is 2.58. The molecule has 0 radical (unpaired) electrons. The highest BCUT2D eigenvalue weighted by Gasteiger charge is 2.37. The van der Waals surface area contributed by atoms with Gasteiger partial charge in [0.05, 0.1) is 0 Å². The Balaban J connectivity index is 1.55. The summed E-state index contributed by atoms with van der Waals surface area (Å²) < 4.78 is 5.41. The molecule has 2 amide bonds. The highest BCUT2D eigenvalue weighted by atomic mass is 32.2. The van der Waals surface area contributed by atoms with E-state index in [0.717, 1.165) is 25.1 Å². The monoisotopic (exact) mass is 436 g/mol. The molecule has 9 nitrogen and oxygen atoms in total. The largest absolute Gasteiger partial charge is 0.444 e. The van der Waals surface area contributed by atoms with Gasteiger partial charge in [0.2, 0.25) is 5.89 Å². The Bertz CT molecular complexity index is 1180. The molecule has 158 valence electrons. The molecule has 4 heterocycles. The number of aromatic nitrogens is 3. The van der Waals surface area contributed by atoms with E-state index in [1.807, 2.05) is 30.5 Å². The third-order valence-electron chi connectivity index (χ3n) is 5.61. The van der Waals surface area contributed by atoms with Gasteiger partial charge in [0.25, 0.3) is 11.8 Å². The molecule has 0 aliphatic carbocycles. The molecule has 5 rings (SSSR count). The molecule has 2 N–H and O–H groups in total. The number of nitrogens with zero attached hydrogens (tertiary/aromatic N) is 5. The first-order valence-electron chi connectivity index (χ1n) is 9.90. The smallest absolute Gasteiger partial charge is 0.270 e. The van der Waals surface area contributed by atoms with Crippen LogP contribution < -0.4 is 15.5 Å². The fourth-order valence-electron chi connectivity index (χ4n) is 4.12. The Labute approximate surface area is 182 Å². The molecule has 1 fully saturated rings. The van der Waals surface area contributed by atoms with E-state index in [4.69, 9.17) is 10.2 Å². The minimum Gasteiger partial charge on any atom is -0.444 e. The van der Waals surface area contributed by atoms with Crippen molar-refractivity contribution >= 4 is 35.1 Å². The summed E-state index contributed by atoms with van der Waals surface area (Å²) in [6.07, 6.45) is 6.82. The Morgan fingerprint density at radius 1 is 1.32 bits per heavy atom. The first-order chi connectivity index (χ1) is 15.0. The number of hydrogen-bond acceptors (Lipinski definition) is 8. The van der Waals surface area contributed by atoms with Crippen LogP contribution in [-0.4, -0.2) is 52.2 Å². The van der Waals surface area contributed by atoms with Crippen LogP contribution in [0.1, 0.15) is 33.7 Å². The molecule has 1 atom stereocenters. The minimum absolute atomic E-state index is 0.0588. The van der Waals surface area contributed by atoms with Gasteiger partial charge in [-0.3, -0.25) is 9.59 Å². The summed E-state index contributed by atoms with van der Waals surface area (Å²) >= 11 is 1.46. The van der Waals surface area contributed by atoms with Crippen LogP contribution in [0.5, 0.6) is 0 Å². The number of hydrogen-bond donors (Lipinski definition) is 1. The van der Waals surface area contributed by atoms with Crippen molar-refractivity contribution in [3.63, 3.8) is 0 Å². The number of anilines is 2. The second kappa shape index (κ2) is 7.69. The molecule has 31 heavy (non-hydrogen) atoms. The Morgan fingerprint density at radius 3 is 2.97 bits per heavy atom. The number of thioether (sulfide) groups is 1. The topological polar surface area (TPSA) is 118 Å². The van der Waals surface area contributed by atoms with E-state index in [1.54, 1.807) is 11.1 Å². The maximum absolute atomic E-state index is 13.5. The molecule has 1 unspecified atom stereocenters. The molecule has 3 aromatic rings. The Kier molecular flexibility index (Phi) is 4.85. The van der Waals surface area contributed by atoms with E-state index >= 15 is 0 Å². The fourth-order valence-corrected chi connectivity index (χ4v) is 4.45. The normalized spacial score (nSPS) is 18.0. The minimum atomic E-state index is -0.656. The van der Waals surface area contributed by atoms with Crippen LogP contribution in [0.4, 0.5) is 11.5 Å². The number of rotatable bonds is 4. The fraction of sp³-hybridized carbons (Fsp3) is 0.286. The lowest BCUT2D eigenvalue weighted by molar-refractivity contribution is 0.0983. The number of oxazole rings is 1. The molecule has 0 spiro atoms. The van der Waals surface area contributed by atoms with E-state index in [0.29, 0.717) is 28.6 Å². The first kappa shape index (κ1) is 19.6. The van der Waals surface area contributed by atoms with Crippen molar-refractivity contribution < 1.29 is 14.0 Å². The number of fused-ring (bicyclic) bond motifs is 3. The van der Waals surface area contributed by atoms with Crippen molar-refractivity contribution in [2.24, 2.45) is 5.73 Å². The lowest BCUT2D eigenvalue weighted by atomic mass is 10.1. The molecule has 2 aliphatic heterocycles. The van der Waals surface area contributed by atoms with Gasteiger partial charge < -0.3 is 20.0 Å². The van der Waals surface area contributed by atoms with Crippen molar-refractivity contribution in [2.45, 2.75) is 24.0 Å². The van der Waals surface area contributed by atoms with Gasteiger partial charge >= 0.3 is 0 Å². The highest BCUT2D eigenvalue weighted by Crippen LogP contribution is 2.35. The van der Waals surface area contributed by atoms with Crippen molar-refractivity contribution in [3.8, 4) is 11.5 Å². The van der Waals surface area contributed by atoms with E-state index in [9.17, 15) is 9.59 Å². The maximum Gasteiger partial charge on any atom is 0.270 e. The average Bonchev–Trinajstić information content (AvgIpc) is 3.45. The SMILES string of the molecule is CSc1ncc2c(n1)N1CCCC1CN(c1cccc(-c3nc(C(N)=O)co3)c1)C2=O. The van der Waals surface area contributed by atoms with Gasteiger partial charge in [-0.1, -0.05) is 17.8 Å². The summed E-state index contributed by atoms with van der Waals surface area (Å²) in [6.45, 7) is 1.42. The van der Waals surface area contributed by atoms with Crippen LogP contribution in [-0.2, 0) is 0 Å². The average molecular weight is 436 g/mol.